The fraction of sp³-hybridized carbons (Fsp3) is 0.111. The molecule has 2 heterocycles. The van der Waals surface area contributed by atoms with Crippen LogP contribution in [0.1, 0.15) is 39.5 Å². The fourth-order valence-electron chi connectivity index (χ4n) is 2.39. The molecule has 126 valence electrons. The average molecular weight is 336 g/mol. The van der Waals surface area contributed by atoms with Crippen molar-refractivity contribution in [2.75, 3.05) is 0 Å². The smallest absolute Gasteiger partial charge is 0.354 e. The number of hydrogen-bond donors (Lipinski definition) is 2. The Morgan fingerprint density at radius 2 is 1.88 bits per heavy atom. The zero-order valence-corrected chi connectivity index (χ0v) is 13.5. The van der Waals surface area contributed by atoms with Crippen LogP contribution in [0.4, 0.5) is 0 Å². The zero-order chi connectivity index (χ0) is 17.8. The van der Waals surface area contributed by atoms with E-state index in [1.165, 1.54) is 18.2 Å². The summed E-state index contributed by atoms with van der Waals surface area (Å²) in [6.07, 6.45) is 3.53. The first-order valence-electron chi connectivity index (χ1n) is 7.66. The molecule has 3 aromatic rings. The number of benzene rings is 1. The van der Waals surface area contributed by atoms with E-state index < -0.39 is 11.9 Å². The summed E-state index contributed by atoms with van der Waals surface area (Å²) in [5, 5.41) is 16.0. The molecule has 2 N–H and O–H groups in total. The Morgan fingerprint density at radius 1 is 1.12 bits per heavy atom. The van der Waals surface area contributed by atoms with Crippen molar-refractivity contribution in [1.29, 1.82) is 0 Å². The molecule has 1 unspecified atom stereocenters. The number of aromatic nitrogens is 3. The minimum Gasteiger partial charge on any atom is -0.477 e. The molecule has 1 aromatic carbocycles. The number of carboxylic acid groups (broad SMARTS) is 1. The van der Waals surface area contributed by atoms with E-state index in [0.717, 1.165) is 11.3 Å². The van der Waals surface area contributed by atoms with Crippen LogP contribution in [0.2, 0.25) is 0 Å². The SMILES string of the molecule is CC(NC(=O)c1cccc(C(=O)O)n1)c1cccc(-n2cccn2)c1. The lowest BCUT2D eigenvalue weighted by molar-refractivity contribution is 0.0690. The maximum atomic E-state index is 12.3. The fourth-order valence-corrected chi connectivity index (χ4v) is 2.39. The van der Waals surface area contributed by atoms with Crippen LogP contribution >= 0.6 is 0 Å². The summed E-state index contributed by atoms with van der Waals surface area (Å²) in [6.45, 7) is 1.85. The number of amides is 1. The Bertz CT molecular complexity index is 906. The second-order valence-corrected chi connectivity index (χ2v) is 5.45. The van der Waals surface area contributed by atoms with Gasteiger partial charge in [-0.05, 0) is 42.8 Å². The van der Waals surface area contributed by atoms with E-state index in [2.05, 4.69) is 15.4 Å². The first-order valence-corrected chi connectivity index (χ1v) is 7.66. The van der Waals surface area contributed by atoms with E-state index in [1.807, 2.05) is 43.5 Å². The third kappa shape index (κ3) is 3.72. The molecule has 0 fully saturated rings. The summed E-state index contributed by atoms with van der Waals surface area (Å²) >= 11 is 0. The van der Waals surface area contributed by atoms with Gasteiger partial charge in [-0.15, -0.1) is 0 Å². The highest BCUT2D eigenvalue weighted by molar-refractivity contribution is 5.94. The molecule has 0 spiro atoms. The second kappa shape index (κ2) is 6.96. The van der Waals surface area contributed by atoms with Gasteiger partial charge < -0.3 is 10.4 Å². The predicted molar refractivity (Wildman–Crippen MR) is 90.6 cm³/mol. The van der Waals surface area contributed by atoms with Crippen LogP contribution in [0.25, 0.3) is 5.69 Å². The normalized spacial score (nSPS) is 11.7. The Balaban J connectivity index is 1.77. The van der Waals surface area contributed by atoms with E-state index in [9.17, 15) is 9.59 Å². The Hall–Kier alpha value is -3.48. The maximum absolute atomic E-state index is 12.3. The third-order valence-electron chi connectivity index (χ3n) is 3.69. The predicted octanol–water partition coefficient (Wildman–Crippen LogP) is 2.46. The van der Waals surface area contributed by atoms with Crippen molar-refractivity contribution in [2.45, 2.75) is 13.0 Å². The molecular formula is C18H16N4O3. The van der Waals surface area contributed by atoms with Gasteiger partial charge in [-0.2, -0.15) is 5.10 Å². The second-order valence-electron chi connectivity index (χ2n) is 5.45. The summed E-state index contributed by atoms with van der Waals surface area (Å²) < 4.78 is 1.73. The number of carboxylic acids is 1. The molecule has 0 aliphatic rings. The Morgan fingerprint density at radius 3 is 2.60 bits per heavy atom. The molecule has 1 amide bonds. The summed E-state index contributed by atoms with van der Waals surface area (Å²) in [6, 6.07) is 13.5. The van der Waals surface area contributed by atoms with Crippen molar-refractivity contribution < 1.29 is 14.7 Å². The van der Waals surface area contributed by atoms with Crippen molar-refractivity contribution in [3.63, 3.8) is 0 Å². The molecule has 25 heavy (non-hydrogen) atoms. The van der Waals surface area contributed by atoms with E-state index in [1.54, 1.807) is 10.9 Å². The number of nitrogens with one attached hydrogen (secondary N) is 1. The van der Waals surface area contributed by atoms with Crippen molar-refractivity contribution in [3.05, 3.63) is 77.9 Å². The highest BCUT2D eigenvalue weighted by atomic mass is 16.4. The molecule has 7 heteroatoms. The van der Waals surface area contributed by atoms with E-state index in [-0.39, 0.29) is 17.4 Å². The van der Waals surface area contributed by atoms with Crippen LogP contribution in [0.5, 0.6) is 0 Å². The number of rotatable bonds is 5. The van der Waals surface area contributed by atoms with Crippen LogP contribution in [0, 0.1) is 0 Å². The quantitative estimate of drug-likeness (QED) is 0.746. The number of pyridine rings is 1. The molecule has 1 atom stereocenters. The average Bonchev–Trinajstić information content (AvgIpc) is 3.16. The summed E-state index contributed by atoms with van der Waals surface area (Å²) in [4.78, 5) is 27.2. The first kappa shape index (κ1) is 16.4. The highest BCUT2D eigenvalue weighted by Gasteiger charge is 2.15. The van der Waals surface area contributed by atoms with Gasteiger partial charge in [-0.25, -0.2) is 14.5 Å². The topological polar surface area (TPSA) is 97.1 Å². The summed E-state index contributed by atoms with van der Waals surface area (Å²) in [5.74, 6) is -1.60. The van der Waals surface area contributed by atoms with Gasteiger partial charge >= 0.3 is 5.97 Å². The van der Waals surface area contributed by atoms with Gasteiger partial charge in [-0.1, -0.05) is 18.2 Å². The molecule has 0 aliphatic carbocycles. The number of carbonyl (C=O) groups is 2. The first-order chi connectivity index (χ1) is 12.0. The Kier molecular flexibility index (Phi) is 4.56. The maximum Gasteiger partial charge on any atom is 0.354 e. The lowest BCUT2D eigenvalue weighted by Gasteiger charge is -2.15. The third-order valence-corrected chi connectivity index (χ3v) is 3.69. The Labute approximate surface area is 143 Å². The van der Waals surface area contributed by atoms with Gasteiger partial charge in [0.2, 0.25) is 0 Å². The van der Waals surface area contributed by atoms with Crippen LogP contribution in [0.3, 0.4) is 0 Å². The van der Waals surface area contributed by atoms with Crippen LogP contribution in [-0.2, 0) is 0 Å². The molecule has 2 aromatic heterocycles. The summed E-state index contributed by atoms with van der Waals surface area (Å²) in [7, 11) is 0. The standard InChI is InChI=1S/C18H16N4O3/c1-12(13-5-2-6-14(11-13)22-10-4-9-19-22)20-17(23)15-7-3-8-16(21-15)18(24)25/h2-12H,1H3,(H,20,23)(H,24,25). The molecule has 0 aliphatic heterocycles. The number of carbonyl (C=O) groups excluding carboxylic acids is 1. The molecule has 0 saturated carbocycles. The van der Waals surface area contributed by atoms with Gasteiger partial charge in [0.05, 0.1) is 11.7 Å². The molecule has 7 nitrogen and oxygen atoms in total. The number of hydrogen-bond acceptors (Lipinski definition) is 4. The summed E-state index contributed by atoms with van der Waals surface area (Å²) in [5.41, 5.74) is 1.68. The van der Waals surface area contributed by atoms with Gasteiger partial charge in [0, 0.05) is 12.4 Å². The molecule has 3 rings (SSSR count). The minimum absolute atomic E-state index is 0.0648. The lowest BCUT2D eigenvalue weighted by Crippen LogP contribution is -2.28. The zero-order valence-electron chi connectivity index (χ0n) is 13.5. The molecular weight excluding hydrogens is 320 g/mol. The highest BCUT2D eigenvalue weighted by Crippen LogP contribution is 2.17. The van der Waals surface area contributed by atoms with Crippen LogP contribution in [0.15, 0.2) is 60.9 Å². The number of aromatic carboxylic acids is 1. The van der Waals surface area contributed by atoms with Gasteiger partial charge in [-0.3, -0.25) is 4.79 Å². The van der Waals surface area contributed by atoms with Crippen LogP contribution < -0.4 is 5.32 Å². The van der Waals surface area contributed by atoms with Crippen LogP contribution in [-0.4, -0.2) is 31.7 Å². The monoisotopic (exact) mass is 336 g/mol. The largest absolute Gasteiger partial charge is 0.477 e. The molecule has 0 radical (unpaired) electrons. The number of nitrogens with zero attached hydrogens (tertiary/aromatic N) is 3. The minimum atomic E-state index is -1.17. The van der Waals surface area contributed by atoms with Crippen molar-refractivity contribution in [1.82, 2.24) is 20.1 Å². The molecule has 0 saturated heterocycles. The van der Waals surface area contributed by atoms with Crippen molar-refractivity contribution >= 4 is 11.9 Å². The molecule has 0 bridgehead atoms. The van der Waals surface area contributed by atoms with Gasteiger partial charge in [0.1, 0.15) is 11.4 Å². The van der Waals surface area contributed by atoms with Crippen molar-refractivity contribution in [3.8, 4) is 5.69 Å². The van der Waals surface area contributed by atoms with Gasteiger partial charge in [0.15, 0.2) is 0 Å². The van der Waals surface area contributed by atoms with Crippen molar-refractivity contribution in [2.24, 2.45) is 0 Å². The van der Waals surface area contributed by atoms with Gasteiger partial charge in [0.25, 0.3) is 5.91 Å². The van der Waals surface area contributed by atoms with E-state index >= 15 is 0 Å². The van der Waals surface area contributed by atoms with E-state index in [0.29, 0.717) is 0 Å². The van der Waals surface area contributed by atoms with E-state index in [4.69, 9.17) is 5.11 Å². The lowest BCUT2D eigenvalue weighted by atomic mass is 10.1.